The third kappa shape index (κ3) is 5.40. The molecular weight excluding hydrogens is 148 g/mol. The first-order chi connectivity index (χ1) is 5.20. The summed E-state index contributed by atoms with van der Waals surface area (Å²) in [7, 11) is 2.94. The summed E-state index contributed by atoms with van der Waals surface area (Å²) in [5.74, 6) is 3.15. The highest BCUT2D eigenvalue weighted by Gasteiger charge is 2.00. The molecule has 1 atom stereocenters. The van der Waals surface area contributed by atoms with Crippen LogP contribution in [0.3, 0.4) is 0 Å². The van der Waals surface area contributed by atoms with Crippen LogP contribution < -0.4 is 0 Å². The third-order valence-corrected chi connectivity index (χ3v) is 0.943. The largest absolute Gasteiger partial charge is 0.472 e. The van der Waals surface area contributed by atoms with Gasteiger partial charge in [-0.2, -0.15) is 0 Å². The van der Waals surface area contributed by atoms with Crippen LogP contribution in [0, 0.1) is 11.8 Å². The lowest BCUT2D eigenvalue weighted by Gasteiger charge is -2.04. The van der Waals surface area contributed by atoms with Crippen molar-refractivity contribution in [3.05, 3.63) is 0 Å². The third-order valence-electron chi connectivity index (χ3n) is 0.943. The van der Waals surface area contributed by atoms with Gasteiger partial charge < -0.3 is 14.6 Å². The zero-order chi connectivity index (χ0) is 8.69. The fourth-order valence-corrected chi connectivity index (χ4v) is 0.462. The van der Waals surface area contributed by atoms with Crippen LogP contribution in [-0.4, -0.2) is 38.0 Å². The molecule has 0 saturated heterocycles. The first-order valence-corrected chi connectivity index (χ1v) is 2.97. The average Bonchev–Trinajstić information content (AvgIpc) is 1.97. The highest BCUT2D eigenvalue weighted by Crippen LogP contribution is 1.86. The van der Waals surface area contributed by atoms with Gasteiger partial charge in [0.1, 0.15) is 6.10 Å². The van der Waals surface area contributed by atoms with Crippen LogP contribution >= 0.6 is 0 Å². The highest BCUT2D eigenvalue weighted by atomic mass is 16.5. The Kier molecular flexibility index (Phi) is 5.17. The standard InChI is InChI=1S/C7H10O4/c1-10-5-6(11-2)3-4-7(8)9/h6H,5H2,1-2H3,(H,8,9). The van der Waals surface area contributed by atoms with Gasteiger partial charge in [-0.3, -0.25) is 0 Å². The summed E-state index contributed by atoms with van der Waals surface area (Å²) in [6.45, 7) is 0.275. The second-order valence-electron chi connectivity index (χ2n) is 1.75. The molecule has 0 aromatic rings. The smallest absolute Gasteiger partial charge is 0.381 e. The maximum Gasteiger partial charge on any atom is 0.381 e. The molecule has 0 aliphatic rings. The topological polar surface area (TPSA) is 55.8 Å². The monoisotopic (exact) mass is 158 g/mol. The van der Waals surface area contributed by atoms with Crippen molar-refractivity contribution in [3.63, 3.8) is 0 Å². The first kappa shape index (κ1) is 9.95. The van der Waals surface area contributed by atoms with Gasteiger partial charge >= 0.3 is 5.97 Å². The molecule has 0 saturated carbocycles. The number of carboxylic acid groups (broad SMARTS) is 1. The van der Waals surface area contributed by atoms with Crippen molar-refractivity contribution in [2.45, 2.75) is 6.10 Å². The normalized spacial score (nSPS) is 11.5. The van der Waals surface area contributed by atoms with E-state index in [-0.39, 0.29) is 6.61 Å². The fourth-order valence-electron chi connectivity index (χ4n) is 0.462. The Labute approximate surface area is 65.1 Å². The van der Waals surface area contributed by atoms with Crippen molar-refractivity contribution in [2.24, 2.45) is 0 Å². The predicted octanol–water partition coefficient (Wildman–Crippen LogP) is -0.264. The second kappa shape index (κ2) is 5.71. The van der Waals surface area contributed by atoms with Gasteiger partial charge in [0.15, 0.2) is 0 Å². The van der Waals surface area contributed by atoms with E-state index >= 15 is 0 Å². The maximum atomic E-state index is 9.95. The zero-order valence-corrected chi connectivity index (χ0v) is 6.46. The SMILES string of the molecule is COCC(C#CC(=O)O)OC. The number of carboxylic acids is 1. The van der Waals surface area contributed by atoms with E-state index in [0.717, 1.165) is 0 Å². The maximum absolute atomic E-state index is 9.95. The van der Waals surface area contributed by atoms with Crippen molar-refractivity contribution in [1.82, 2.24) is 0 Å². The van der Waals surface area contributed by atoms with Gasteiger partial charge in [0, 0.05) is 20.1 Å². The van der Waals surface area contributed by atoms with E-state index < -0.39 is 12.1 Å². The highest BCUT2D eigenvalue weighted by molar-refractivity contribution is 5.86. The van der Waals surface area contributed by atoms with Crippen molar-refractivity contribution in [1.29, 1.82) is 0 Å². The number of hydrogen-bond donors (Lipinski definition) is 1. The summed E-state index contributed by atoms with van der Waals surface area (Å²) in [5.41, 5.74) is 0. The Balaban J connectivity index is 3.88. The minimum Gasteiger partial charge on any atom is -0.472 e. The van der Waals surface area contributed by atoms with Gasteiger partial charge in [0.2, 0.25) is 0 Å². The molecule has 0 aromatic heterocycles. The van der Waals surface area contributed by atoms with E-state index in [1.165, 1.54) is 14.2 Å². The second-order valence-corrected chi connectivity index (χ2v) is 1.75. The summed E-state index contributed by atoms with van der Waals surface area (Å²) in [5, 5.41) is 8.16. The molecule has 0 aliphatic carbocycles. The molecule has 0 amide bonds. The molecule has 0 aliphatic heterocycles. The molecule has 1 N–H and O–H groups in total. The lowest BCUT2D eigenvalue weighted by Crippen LogP contribution is -2.14. The lowest BCUT2D eigenvalue weighted by molar-refractivity contribution is -0.130. The van der Waals surface area contributed by atoms with E-state index in [9.17, 15) is 4.79 Å². The molecule has 0 aromatic carbocycles. The summed E-state index contributed by atoms with van der Waals surface area (Å²) < 4.78 is 9.49. The molecule has 0 fully saturated rings. The van der Waals surface area contributed by atoms with Gasteiger partial charge in [-0.1, -0.05) is 5.92 Å². The lowest BCUT2D eigenvalue weighted by atomic mass is 10.4. The zero-order valence-electron chi connectivity index (χ0n) is 6.46. The molecule has 0 heterocycles. The van der Waals surface area contributed by atoms with E-state index in [1.54, 1.807) is 0 Å². The van der Waals surface area contributed by atoms with E-state index in [0.29, 0.717) is 0 Å². The van der Waals surface area contributed by atoms with Crippen molar-refractivity contribution >= 4 is 5.97 Å². The summed E-state index contributed by atoms with van der Waals surface area (Å²) in [6.07, 6.45) is -0.462. The Bertz CT molecular complexity index is 177. The Morgan fingerprint density at radius 2 is 2.27 bits per heavy atom. The molecule has 4 heteroatoms. The van der Waals surface area contributed by atoms with Crippen LogP contribution in [0.2, 0.25) is 0 Å². The summed E-state index contributed by atoms with van der Waals surface area (Å²) >= 11 is 0. The number of rotatable bonds is 3. The number of methoxy groups -OCH3 is 2. The van der Waals surface area contributed by atoms with Gasteiger partial charge in [-0.25, -0.2) is 4.79 Å². The number of carbonyl (C=O) groups is 1. The Morgan fingerprint density at radius 1 is 1.64 bits per heavy atom. The molecule has 11 heavy (non-hydrogen) atoms. The predicted molar refractivity (Wildman–Crippen MR) is 38.1 cm³/mol. The van der Waals surface area contributed by atoms with Crippen molar-refractivity contribution in [3.8, 4) is 11.8 Å². The number of aliphatic carboxylic acids is 1. The first-order valence-electron chi connectivity index (χ1n) is 2.97. The van der Waals surface area contributed by atoms with Crippen LogP contribution in [0.1, 0.15) is 0 Å². The minimum absolute atomic E-state index is 0.275. The number of ether oxygens (including phenoxy) is 2. The molecule has 1 unspecified atom stereocenters. The molecule has 0 radical (unpaired) electrons. The van der Waals surface area contributed by atoms with Crippen LogP contribution in [-0.2, 0) is 14.3 Å². The minimum atomic E-state index is -1.16. The van der Waals surface area contributed by atoms with Crippen molar-refractivity contribution in [2.75, 3.05) is 20.8 Å². The van der Waals surface area contributed by atoms with Crippen molar-refractivity contribution < 1.29 is 19.4 Å². The molecule has 4 nitrogen and oxygen atoms in total. The average molecular weight is 158 g/mol. The van der Waals surface area contributed by atoms with Crippen LogP contribution in [0.4, 0.5) is 0 Å². The molecular formula is C7H10O4. The van der Waals surface area contributed by atoms with Gasteiger partial charge in [-0.15, -0.1) is 0 Å². The van der Waals surface area contributed by atoms with E-state index in [2.05, 4.69) is 5.92 Å². The van der Waals surface area contributed by atoms with Gasteiger partial charge in [0.25, 0.3) is 0 Å². The fraction of sp³-hybridized carbons (Fsp3) is 0.571. The Morgan fingerprint density at radius 3 is 2.64 bits per heavy atom. The molecule has 0 spiro atoms. The van der Waals surface area contributed by atoms with Gasteiger partial charge in [-0.05, 0) is 0 Å². The summed E-state index contributed by atoms with van der Waals surface area (Å²) in [4.78, 5) is 9.95. The van der Waals surface area contributed by atoms with E-state index in [1.807, 2.05) is 5.92 Å². The summed E-state index contributed by atoms with van der Waals surface area (Å²) in [6, 6.07) is 0. The van der Waals surface area contributed by atoms with E-state index in [4.69, 9.17) is 14.6 Å². The quantitative estimate of drug-likeness (QED) is 0.575. The van der Waals surface area contributed by atoms with Crippen LogP contribution in [0.5, 0.6) is 0 Å². The van der Waals surface area contributed by atoms with Crippen LogP contribution in [0.25, 0.3) is 0 Å². The molecule has 62 valence electrons. The molecule has 0 rings (SSSR count). The van der Waals surface area contributed by atoms with Gasteiger partial charge in [0.05, 0.1) is 6.61 Å². The van der Waals surface area contributed by atoms with Crippen LogP contribution in [0.15, 0.2) is 0 Å². The Hall–Kier alpha value is -1.05. The number of hydrogen-bond acceptors (Lipinski definition) is 3. The molecule has 0 bridgehead atoms.